The number of amides is 1. The molecule has 0 aromatic carbocycles. The van der Waals surface area contributed by atoms with Crippen LogP contribution in [0.15, 0.2) is 0 Å². The number of nitrogens with zero attached hydrogens (tertiary/aromatic N) is 2. The number of carbonyl (C=O) groups excluding carboxylic acids is 1. The van der Waals surface area contributed by atoms with Crippen LogP contribution in [0.2, 0.25) is 0 Å². The molecule has 0 spiro atoms. The van der Waals surface area contributed by atoms with E-state index in [0.717, 1.165) is 12.8 Å². The smallest absolute Gasteiger partial charge is 0.225 e. The number of hydrogen-bond donors (Lipinski definition) is 0. The first-order chi connectivity index (χ1) is 6.15. The Morgan fingerprint density at radius 1 is 1.69 bits per heavy atom. The summed E-state index contributed by atoms with van der Waals surface area (Å²) < 4.78 is 0. The number of carbonyl (C=O) groups is 1. The van der Waals surface area contributed by atoms with Crippen molar-refractivity contribution in [1.29, 1.82) is 5.26 Å². The van der Waals surface area contributed by atoms with Crippen LogP contribution in [0.1, 0.15) is 26.2 Å². The zero-order chi connectivity index (χ0) is 9.84. The molecule has 72 valence electrons. The molecule has 13 heavy (non-hydrogen) atoms. The van der Waals surface area contributed by atoms with E-state index in [-0.39, 0.29) is 17.7 Å². The maximum Gasteiger partial charge on any atom is 0.225 e. The summed E-state index contributed by atoms with van der Waals surface area (Å²) in [6.07, 6.45) is 3.24. The SMILES string of the molecule is CC(C#N)CN(C)C(=O)C1CCC1. The fourth-order valence-electron chi connectivity index (χ4n) is 1.51. The minimum atomic E-state index is -0.0611. The molecular weight excluding hydrogens is 164 g/mol. The third-order valence-corrected chi connectivity index (χ3v) is 2.60. The molecule has 0 N–H and O–H groups in total. The maximum absolute atomic E-state index is 11.6. The monoisotopic (exact) mass is 180 g/mol. The van der Waals surface area contributed by atoms with Gasteiger partial charge in [0.05, 0.1) is 12.0 Å². The molecular formula is C10H16N2O. The summed E-state index contributed by atoms with van der Waals surface area (Å²) >= 11 is 0. The minimum Gasteiger partial charge on any atom is -0.344 e. The lowest BCUT2D eigenvalue weighted by atomic mass is 9.84. The summed E-state index contributed by atoms with van der Waals surface area (Å²) in [6.45, 7) is 2.40. The summed E-state index contributed by atoms with van der Waals surface area (Å²) in [4.78, 5) is 13.3. The normalized spacial score (nSPS) is 18.5. The van der Waals surface area contributed by atoms with Crippen molar-refractivity contribution in [1.82, 2.24) is 4.90 Å². The van der Waals surface area contributed by atoms with Crippen molar-refractivity contribution >= 4 is 5.91 Å². The number of rotatable bonds is 3. The van der Waals surface area contributed by atoms with Crippen molar-refractivity contribution in [2.45, 2.75) is 26.2 Å². The minimum absolute atomic E-state index is 0.0611. The van der Waals surface area contributed by atoms with E-state index < -0.39 is 0 Å². The second-order valence-electron chi connectivity index (χ2n) is 3.88. The van der Waals surface area contributed by atoms with Crippen LogP contribution in [-0.2, 0) is 4.79 Å². The van der Waals surface area contributed by atoms with Crippen molar-refractivity contribution in [3.8, 4) is 6.07 Å². The largest absolute Gasteiger partial charge is 0.344 e. The van der Waals surface area contributed by atoms with E-state index in [0.29, 0.717) is 6.54 Å². The molecule has 1 unspecified atom stereocenters. The summed E-state index contributed by atoms with van der Waals surface area (Å²) in [6, 6.07) is 2.13. The second kappa shape index (κ2) is 4.27. The standard InChI is InChI=1S/C10H16N2O/c1-8(6-11)7-12(2)10(13)9-4-3-5-9/h8-9H,3-5,7H2,1-2H3. The Bertz CT molecular complexity index is 228. The average molecular weight is 180 g/mol. The Morgan fingerprint density at radius 2 is 2.31 bits per heavy atom. The van der Waals surface area contributed by atoms with E-state index in [9.17, 15) is 4.79 Å². The van der Waals surface area contributed by atoms with Gasteiger partial charge in [0.1, 0.15) is 0 Å². The molecule has 1 amide bonds. The van der Waals surface area contributed by atoms with E-state index in [1.807, 2.05) is 6.92 Å². The highest BCUT2D eigenvalue weighted by Gasteiger charge is 2.28. The van der Waals surface area contributed by atoms with Crippen LogP contribution in [0, 0.1) is 23.2 Å². The molecule has 0 aromatic rings. The molecule has 3 nitrogen and oxygen atoms in total. The second-order valence-corrected chi connectivity index (χ2v) is 3.88. The fourth-order valence-corrected chi connectivity index (χ4v) is 1.51. The lowest BCUT2D eigenvalue weighted by Gasteiger charge is -2.29. The molecule has 1 saturated carbocycles. The molecule has 0 aromatic heterocycles. The lowest BCUT2D eigenvalue weighted by molar-refractivity contribution is -0.137. The van der Waals surface area contributed by atoms with E-state index in [1.54, 1.807) is 11.9 Å². The van der Waals surface area contributed by atoms with E-state index >= 15 is 0 Å². The summed E-state index contributed by atoms with van der Waals surface area (Å²) in [5, 5.41) is 8.59. The first-order valence-electron chi connectivity index (χ1n) is 4.79. The molecule has 1 fully saturated rings. The molecule has 1 rings (SSSR count). The summed E-state index contributed by atoms with van der Waals surface area (Å²) in [5.41, 5.74) is 0. The third-order valence-electron chi connectivity index (χ3n) is 2.60. The number of nitriles is 1. The molecule has 0 aliphatic heterocycles. The van der Waals surface area contributed by atoms with Crippen molar-refractivity contribution in [3.05, 3.63) is 0 Å². The molecule has 0 heterocycles. The van der Waals surface area contributed by atoms with Gasteiger partial charge in [-0.05, 0) is 19.8 Å². The van der Waals surface area contributed by atoms with Crippen LogP contribution in [0.5, 0.6) is 0 Å². The van der Waals surface area contributed by atoms with E-state index in [2.05, 4.69) is 6.07 Å². The van der Waals surface area contributed by atoms with Gasteiger partial charge < -0.3 is 4.90 Å². The highest BCUT2D eigenvalue weighted by Crippen LogP contribution is 2.27. The van der Waals surface area contributed by atoms with Gasteiger partial charge >= 0.3 is 0 Å². The Hall–Kier alpha value is -1.04. The Morgan fingerprint density at radius 3 is 2.69 bits per heavy atom. The van der Waals surface area contributed by atoms with Crippen LogP contribution >= 0.6 is 0 Å². The molecule has 1 aliphatic rings. The van der Waals surface area contributed by atoms with Gasteiger partial charge in [-0.25, -0.2) is 0 Å². The molecule has 1 aliphatic carbocycles. The maximum atomic E-state index is 11.6. The predicted molar refractivity (Wildman–Crippen MR) is 49.8 cm³/mol. The van der Waals surface area contributed by atoms with Gasteiger partial charge in [-0.15, -0.1) is 0 Å². The molecule has 0 saturated heterocycles. The summed E-state index contributed by atoms with van der Waals surface area (Å²) in [7, 11) is 1.79. The van der Waals surface area contributed by atoms with Crippen LogP contribution in [0.4, 0.5) is 0 Å². The highest BCUT2D eigenvalue weighted by molar-refractivity contribution is 5.79. The highest BCUT2D eigenvalue weighted by atomic mass is 16.2. The van der Waals surface area contributed by atoms with Crippen molar-refractivity contribution in [2.75, 3.05) is 13.6 Å². The molecule has 0 radical (unpaired) electrons. The Kier molecular flexibility index (Phi) is 3.30. The van der Waals surface area contributed by atoms with Crippen LogP contribution in [0.3, 0.4) is 0 Å². The van der Waals surface area contributed by atoms with Crippen LogP contribution in [0.25, 0.3) is 0 Å². The first kappa shape index (κ1) is 10.0. The third kappa shape index (κ3) is 2.45. The Balaban J connectivity index is 2.34. The van der Waals surface area contributed by atoms with Gasteiger partial charge in [-0.2, -0.15) is 5.26 Å². The zero-order valence-electron chi connectivity index (χ0n) is 8.29. The van der Waals surface area contributed by atoms with Crippen molar-refractivity contribution in [2.24, 2.45) is 11.8 Å². The average Bonchev–Trinajstić information content (AvgIpc) is 2.00. The van der Waals surface area contributed by atoms with Gasteiger partial charge in [0.25, 0.3) is 0 Å². The van der Waals surface area contributed by atoms with E-state index in [1.165, 1.54) is 6.42 Å². The van der Waals surface area contributed by atoms with Gasteiger partial charge in [0, 0.05) is 19.5 Å². The van der Waals surface area contributed by atoms with Gasteiger partial charge in [0.15, 0.2) is 0 Å². The van der Waals surface area contributed by atoms with Crippen LogP contribution in [-0.4, -0.2) is 24.4 Å². The van der Waals surface area contributed by atoms with Crippen molar-refractivity contribution in [3.63, 3.8) is 0 Å². The number of hydrogen-bond acceptors (Lipinski definition) is 2. The van der Waals surface area contributed by atoms with Crippen molar-refractivity contribution < 1.29 is 4.79 Å². The van der Waals surface area contributed by atoms with Gasteiger partial charge in [-0.3, -0.25) is 4.79 Å². The fraction of sp³-hybridized carbons (Fsp3) is 0.800. The topological polar surface area (TPSA) is 44.1 Å². The van der Waals surface area contributed by atoms with E-state index in [4.69, 9.17) is 5.26 Å². The Labute approximate surface area is 79.3 Å². The molecule has 0 bridgehead atoms. The summed E-state index contributed by atoms with van der Waals surface area (Å²) in [5.74, 6) is 0.401. The quantitative estimate of drug-likeness (QED) is 0.659. The molecule has 3 heteroatoms. The van der Waals surface area contributed by atoms with Gasteiger partial charge in [0.2, 0.25) is 5.91 Å². The predicted octanol–water partition coefficient (Wildman–Crippen LogP) is 1.40. The van der Waals surface area contributed by atoms with Crippen LogP contribution < -0.4 is 0 Å². The zero-order valence-corrected chi connectivity index (χ0v) is 8.29. The first-order valence-corrected chi connectivity index (χ1v) is 4.79. The molecule has 1 atom stereocenters. The van der Waals surface area contributed by atoms with Gasteiger partial charge in [-0.1, -0.05) is 6.42 Å². The lowest BCUT2D eigenvalue weighted by Crippen LogP contribution is -2.38.